The first kappa shape index (κ1) is 25.4. The largest absolute Gasteiger partial charge is 0.478 e. The van der Waals surface area contributed by atoms with Crippen LogP contribution >= 0.6 is 0 Å². The molecular weight excluding hydrogens is 464 g/mol. The van der Waals surface area contributed by atoms with Gasteiger partial charge in [0.15, 0.2) is 0 Å². The fourth-order valence-corrected chi connectivity index (χ4v) is 3.27. The molecule has 0 aliphatic rings. The molecule has 4 rings (SSSR count). The molecule has 4 N–H and O–H groups in total. The number of rotatable bonds is 6. The number of carboxylic acids is 4. The van der Waals surface area contributed by atoms with Crippen molar-refractivity contribution in [3.8, 4) is 22.3 Å². The third kappa shape index (κ3) is 6.42. The normalized spacial score (nSPS) is 10.0. The number of hydrogen-bond acceptors (Lipinski definition) is 4. The molecule has 180 valence electrons. The molecule has 0 radical (unpaired) electrons. The van der Waals surface area contributed by atoms with E-state index in [1.807, 2.05) is 0 Å². The monoisotopic (exact) mass is 484 g/mol. The van der Waals surface area contributed by atoms with E-state index in [2.05, 4.69) is 0 Å². The topological polar surface area (TPSA) is 149 Å². The van der Waals surface area contributed by atoms with E-state index in [0.717, 1.165) is 22.3 Å². The van der Waals surface area contributed by atoms with E-state index < -0.39 is 23.9 Å². The van der Waals surface area contributed by atoms with E-state index in [1.54, 1.807) is 60.7 Å². The van der Waals surface area contributed by atoms with E-state index in [0.29, 0.717) is 0 Å². The summed E-state index contributed by atoms with van der Waals surface area (Å²) in [6.45, 7) is 0. The van der Waals surface area contributed by atoms with Gasteiger partial charge in [-0.05, 0) is 70.8 Å². The number of benzene rings is 4. The number of carboxylic acid groups (broad SMARTS) is 4. The second-order valence-corrected chi connectivity index (χ2v) is 7.54. The number of carbonyl (C=O) groups is 4. The smallest absolute Gasteiger partial charge is 0.335 e. The van der Waals surface area contributed by atoms with Crippen molar-refractivity contribution in [1.29, 1.82) is 0 Å². The van der Waals surface area contributed by atoms with Gasteiger partial charge in [-0.25, -0.2) is 19.2 Å². The summed E-state index contributed by atoms with van der Waals surface area (Å²) < 4.78 is 0. The van der Waals surface area contributed by atoms with Crippen LogP contribution in [0.15, 0.2) is 97.1 Å². The Kier molecular flexibility index (Phi) is 7.94. The van der Waals surface area contributed by atoms with Crippen LogP contribution in [0.4, 0.5) is 0 Å². The molecule has 0 unspecified atom stereocenters. The second kappa shape index (κ2) is 11.3. The van der Waals surface area contributed by atoms with Crippen LogP contribution in [-0.4, -0.2) is 44.3 Å². The first-order valence-corrected chi connectivity index (χ1v) is 10.5. The standard InChI is InChI=1S/2C14H10O4/c2*15-13(16)10-6-4-9(5-7-10)11-2-1-3-12(8-11)14(17)18/h2*1-8H,(H,15,16)(H,17,18). The molecule has 0 amide bonds. The summed E-state index contributed by atoms with van der Waals surface area (Å²) in [5.41, 5.74) is 3.86. The SMILES string of the molecule is O=C(O)c1ccc(-c2cccc(C(=O)O)c2)cc1.O=C(O)c1ccc(-c2cccc(C(=O)O)c2)cc1. The van der Waals surface area contributed by atoms with Crippen molar-refractivity contribution < 1.29 is 39.6 Å². The zero-order valence-corrected chi connectivity index (χ0v) is 18.7. The van der Waals surface area contributed by atoms with Crippen molar-refractivity contribution in [2.24, 2.45) is 0 Å². The Labute approximate surface area is 205 Å². The summed E-state index contributed by atoms with van der Waals surface area (Å²) >= 11 is 0. The summed E-state index contributed by atoms with van der Waals surface area (Å²) in [7, 11) is 0. The fourth-order valence-electron chi connectivity index (χ4n) is 3.27. The van der Waals surface area contributed by atoms with Gasteiger partial charge in [0.25, 0.3) is 0 Å². The maximum atomic E-state index is 10.9. The van der Waals surface area contributed by atoms with Gasteiger partial charge in [0.05, 0.1) is 22.3 Å². The summed E-state index contributed by atoms with van der Waals surface area (Å²) in [6.07, 6.45) is 0. The summed E-state index contributed by atoms with van der Waals surface area (Å²) in [6, 6.07) is 25.6. The summed E-state index contributed by atoms with van der Waals surface area (Å²) in [5, 5.41) is 35.4. The van der Waals surface area contributed by atoms with Crippen LogP contribution in [0.25, 0.3) is 22.3 Å². The molecule has 0 saturated heterocycles. The van der Waals surface area contributed by atoms with E-state index >= 15 is 0 Å². The van der Waals surface area contributed by atoms with Gasteiger partial charge in [0.1, 0.15) is 0 Å². The minimum atomic E-state index is -0.987. The quantitative estimate of drug-likeness (QED) is 0.280. The minimum absolute atomic E-state index is 0.202. The average molecular weight is 484 g/mol. The van der Waals surface area contributed by atoms with Crippen LogP contribution in [0.5, 0.6) is 0 Å². The predicted molar refractivity (Wildman–Crippen MR) is 132 cm³/mol. The van der Waals surface area contributed by atoms with Gasteiger partial charge < -0.3 is 20.4 Å². The van der Waals surface area contributed by atoms with Crippen molar-refractivity contribution in [2.75, 3.05) is 0 Å². The fraction of sp³-hybridized carbons (Fsp3) is 0. The van der Waals surface area contributed by atoms with Crippen LogP contribution in [-0.2, 0) is 0 Å². The van der Waals surface area contributed by atoms with Crippen molar-refractivity contribution >= 4 is 23.9 Å². The average Bonchev–Trinajstić information content (AvgIpc) is 2.89. The van der Waals surface area contributed by atoms with Crippen LogP contribution in [0.2, 0.25) is 0 Å². The second-order valence-electron chi connectivity index (χ2n) is 7.54. The lowest BCUT2D eigenvalue weighted by Crippen LogP contribution is -1.96. The Morgan fingerprint density at radius 3 is 0.944 bits per heavy atom. The minimum Gasteiger partial charge on any atom is -0.478 e. The molecule has 8 heteroatoms. The molecule has 0 saturated carbocycles. The van der Waals surface area contributed by atoms with Crippen molar-refractivity contribution in [2.45, 2.75) is 0 Å². The van der Waals surface area contributed by atoms with Gasteiger partial charge in [-0.3, -0.25) is 0 Å². The van der Waals surface area contributed by atoms with Crippen molar-refractivity contribution in [1.82, 2.24) is 0 Å². The highest BCUT2D eigenvalue weighted by atomic mass is 16.4. The molecule has 36 heavy (non-hydrogen) atoms. The Bertz CT molecular complexity index is 1310. The summed E-state index contributed by atoms with van der Waals surface area (Å²) in [4.78, 5) is 43.1. The van der Waals surface area contributed by atoms with Crippen LogP contribution in [0, 0.1) is 0 Å². The molecule has 4 aromatic carbocycles. The molecule has 0 heterocycles. The lowest BCUT2D eigenvalue weighted by molar-refractivity contribution is 0.0686. The van der Waals surface area contributed by atoms with Gasteiger partial charge in [0, 0.05) is 0 Å². The van der Waals surface area contributed by atoms with Gasteiger partial charge in [-0.2, -0.15) is 0 Å². The van der Waals surface area contributed by atoms with Crippen LogP contribution in [0.3, 0.4) is 0 Å². The first-order chi connectivity index (χ1) is 17.2. The molecule has 0 fully saturated rings. The van der Waals surface area contributed by atoms with Crippen molar-refractivity contribution in [3.63, 3.8) is 0 Å². The Morgan fingerprint density at radius 2 is 0.667 bits per heavy atom. The van der Waals surface area contributed by atoms with Crippen LogP contribution < -0.4 is 0 Å². The van der Waals surface area contributed by atoms with E-state index in [9.17, 15) is 19.2 Å². The van der Waals surface area contributed by atoms with Gasteiger partial charge in [-0.1, -0.05) is 48.5 Å². The molecule has 4 aromatic rings. The Balaban J connectivity index is 0.000000201. The molecule has 0 bridgehead atoms. The first-order valence-electron chi connectivity index (χ1n) is 10.5. The molecule has 0 aliphatic carbocycles. The van der Waals surface area contributed by atoms with E-state index in [1.165, 1.54) is 36.4 Å². The third-order valence-corrected chi connectivity index (χ3v) is 5.15. The van der Waals surface area contributed by atoms with Gasteiger partial charge in [-0.15, -0.1) is 0 Å². The maximum absolute atomic E-state index is 10.9. The highest BCUT2D eigenvalue weighted by molar-refractivity contribution is 5.91. The van der Waals surface area contributed by atoms with Gasteiger partial charge >= 0.3 is 23.9 Å². The maximum Gasteiger partial charge on any atom is 0.335 e. The lowest BCUT2D eigenvalue weighted by Gasteiger charge is -2.03. The molecule has 0 aromatic heterocycles. The summed E-state index contributed by atoms with van der Waals surface area (Å²) in [5.74, 6) is -3.94. The highest BCUT2D eigenvalue weighted by Gasteiger charge is 2.07. The van der Waals surface area contributed by atoms with E-state index in [-0.39, 0.29) is 22.3 Å². The zero-order chi connectivity index (χ0) is 26.2. The highest BCUT2D eigenvalue weighted by Crippen LogP contribution is 2.22. The van der Waals surface area contributed by atoms with E-state index in [4.69, 9.17) is 20.4 Å². The van der Waals surface area contributed by atoms with Crippen LogP contribution in [0.1, 0.15) is 41.4 Å². The number of aromatic carboxylic acids is 4. The Hall–Kier alpha value is -5.24. The molecule has 8 nitrogen and oxygen atoms in total. The molecule has 0 spiro atoms. The third-order valence-electron chi connectivity index (χ3n) is 5.15. The molecule has 0 aliphatic heterocycles. The Morgan fingerprint density at radius 1 is 0.361 bits per heavy atom. The molecule has 0 atom stereocenters. The van der Waals surface area contributed by atoms with Gasteiger partial charge in [0.2, 0.25) is 0 Å². The van der Waals surface area contributed by atoms with Crippen molar-refractivity contribution in [3.05, 3.63) is 119 Å². The number of hydrogen-bond donors (Lipinski definition) is 4. The molecular formula is C28H20O8. The lowest BCUT2D eigenvalue weighted by atomic mass is 10.0. The zero-order valence-electron chi connectivity index (χ0n) is 18.7. The predicted octanol–water partition coefficient (Wildman–Crippen LogP) is 5.50.